The maximum atomic E-state index is 5.77. The first-order chi connectivity index (χ1) is 8.90. The van der Waals surface area contributed by atoms with Crippen molar-refractivity contribution in [1.29, 1.82) is 0 Å². The molecule has 2 rings (SSSR count). The monoisotopic (exact) mass is 243 g/mol. The molecule has 96 valence electrons. The van der Waals surface area contributed by atoms with Gasteiger partial charge >= 0.3 is 0 Å². The maximum Gasteiger partial charge on any atom is 0.119 e. The first-order valence-electron chi connectivity index (χ1n) is 6.66. The second kappa shape index (κ2) is 7.02. The molecular weight excluding hydrogens is 222 g/mol. The smallest absolute Gasteiger partial charge is 0.119 e. The van der Waals surface area contributed by atoms with Gasteiger partial charge in [-0.1, -0.05) is 30.3 Å². The average molecular weight is 243 g/mol. The van der Waals surface area contributed by atoms with Gasteiger partial charge in [-0.05, 0) is 55.8 Å². The molecule has 0 saturated heterocycles. The summed E-state index contributed by atoms with van der Waals surface area (Å²) in [6, 6.07) is 14.6. The van der Waals surface area contributed by atoms with Crippen LogP contribution in [0.4, 0.5) is 0 Å². The fourth-order valence-corrected chi connectivity index (χ4v) is 2.03. The van der Waals surface area contributed by atoms with Crippen LogP contribution in [-0.4, -0.2) is 20.2 Å². The molecule has 0 aliphatic carbocycles. The Morgan fingerprint density at radius 2 is 1.78 bits per heavy atom. The molecule has 0 aliphatic heterocycles. The Morgan fingerprint density at radius 1 is 0.944 bits per heavy atom. The lowest BCUT2D eigenvalue weighted by molar-refractivity contribution is 0.305. The Balaban J connectivity index is 1.81. The van der Waals surface area contributed by atoms with Gasteiger partial charge in [0.05, 0.1) is 6.61 Å². The Bertz CT molecular complexity index is 481. The predicted octanol–water partition coefficient (Wildman–Crippen LogP) is 3.61. The zero-order chi connectivity index (χ0) is 12.6. The molecule has 2 aromatic rings. The number of rotatable bonds is 7. The normalized spacial score (nSPS) is 10.7. The van der Waals surface area contributed by atoms with E-state index in [2.05, 4.69) is 47.8 Å². The molecule has 2 heteroatoms. The summed E-state index contributed by atoms with van der Waals surface area (Å²) in [5.74, 6) is 0.974. The van der Waals surface area contributed by atoms with E-state index in [0.717, 1.165) is 25.3 Å². The average Bonchev–Trinajstić information content (AvgIpc) is 2.42. The SMILES string of the molecule is CNCCCCCOc1ccc2ccccc2c1. The summed E-state index contributed by atoms with van der Waals surface area (Å²) in [6.45, 7) is 1.90. The van der Waals surface area contributed by atoms with Gasteiger partial charge in [-0.3, -0.25) is 0 Å². The van der Waals surface area contributed by atoms with Crippen LogP contribution >= 0.6 is 0 Å². The van der Waals surface area contributed by atoms with Crippen molar-refractivity contribution in [3.8, 4) is 5.75 Å². The minimum atomic E-state index is 0.808. The summed E-state index contributed by atoms with van der Waals surface area (Å²) in [7, 11) is 1.99. The lowest BCUT2D eigenvalue weighted by atomic mass is 10.1. The largest absolute Gasteiger partial charge is 0.494 e. The zero-order valence-corrected chi connectivity index (χ0v) is 11.0. The molecule has 0 aromatic heterocycles. The van der Waals surface area contributed by atoms with E-state index in [4.69, 9.17) is 4.74 Å². The molecule has 0 atom stereocenters. The van der Waals surface area contributed by atoms with E-state index >= 15 is 0 Å². The van der Waals surface area contributed by atoms with Crippen molar-refractivity contribution in [2.45, 2.75) is 19.3 Å². The van der Waals surface area contributed by atoms with Gasteiger partial charge in [-0.25, -0.2) is 0 Å². The van der Waals surface area contributed by atoms with Crippen LogP contribution < -0.4 is 10.1 Å². The van der Waals surface area contributed by atoms with Crippen LogP contribution in [0, 0.1) is 0 Å². The highest BCUT2D eigenvalue weighted by atomic mass is 16.5. The second-order valence-electron chi connectivity index (χ2n) is 4.52. The first-order valence-corrected chi connectivity index (χ1v) is 6.66. The number of unbranched alkanes of at least 4 members (excludes halogenated alkanes) is 2. The lowest BCUT2D eigenvalue weighted by Crippen LogP contribution is -2.07. The van der Waals surface area contributed by atoms with Gasteiger partial charge in [0.2, 0.25) is 0 Å². The van der Waals surface area contributed by atoms with E-state index in [9.17, 15) is 0 Å². The molecule has 0 saturated carbocycles. The number of hydrogen-bond donors (Lipinski definition) is 1. The van der Waals surface area contributed by atoms with Crippen molar-refractivity contribution in [3.05, 3.63) is 42.5 Å². The summed E-state index contributed by atoms with van der Waals surface area (Å²) in [5, 5.41) is 5.66. The summed E-state index contributed by atoms with van der Waals surface area (Å²) >= 11 is 0. The summed E-state index contributed by atoms with van der Waals surface area (Å²) in [4.78, 5) is 0. The number of hydrogen-bond acceptors (Lipinski definition) is 2. The Kier molecular flexibility index (Phi) is 5.03. The van der Waals surface area contributed by atoms with Gasteiger partial charge in [0.1, 0.15) is 5.75 Å². The van der Waals surface area contributed by atoms with Gasteiger partial charge in [0.15, 0.2) is 0 Å². The molecule has 0 radical (unpaired) electrons. The van der Waals surface area contributed by atoms with Crippen LogP contribution in [0.25, 0.3) is 10.8 Å². The zero-order valence-electron chi connectivity index (χ0n) is 11.0. The fourth-order valence-electron chi connectivity index (χ4n) is 2.03. The van der Waals surface area contributed by atoms with Crippen molar-refractivity contribution < 1.29 is 4.74 Å². The van der Waals surface area contributed by atoms with Crippen molar-refractivity contribution in [3.63, 3.8) is 0 Å². The molecule has 2 aromatic carbocycles. The second-order valence-corrected chi connectivity index (χ2v) is 4.52. The molecule has 0 spiro atoms. The van der Waals surface area contributed by atoms with E-state index in [-0.39, 0.29) is 0 Å². The molecule has 0 fully saturated rings. The van der Waals surface area contributed by atoms with Crippen LogP contribution in [0.5, 0.6) is 5.75 Å². The number of ether oxygens (including phenoxy) is 1. The molecule has 0 heterocycles. The van der Waals surface area contributed by atoms with Crippen LogP contribution in [0.1, 0.15) is 19.3 Å². The van der Waals surface area contributed by atoms with Crippen molar-refractivity contribution in [2.24, 2.45) is 0 Å². The molecule has 0 unspecified atom stereocenters. The quantitative estimate of drug-likeness (QED) is 0.750. The van der Waals surface area contributed by atoms with E-state index in [1.807, 2.05) is 7.05 Å². The fraction of sp³-hybridized carbons (Fsp3) is 0.375. The number of nitrogens with one attached hydrogen (secondary N) is 1. The van der Waals surface area contributed by atoms with Gasteiger partial charge in [-0.2, -0.15) is 0 Å². The standard InChI is InChI=1S/C16H21NO/c1-17-11-5-2-6-12-18-16-10-9-14-7-3-4-8-15(14)13-16/h3-4,7-10,13,17H,2,5-6,11-12H2,1H3. The molecule has 2 nitrogen and oxygen atoms in total. The first kappa shape index (κ1) is 12.9. The highest BCUT2D eigenvalue weighted by Gasteiger charge is 1.97. The summed E-state index contributed by atoms with van der Waals surface area (Å²) in [5.41, 5.74) is 0. The van der Waals surface area contributed by atoms with Gasteiger partial charge < -0.3 is 10.1 Å². The highest BCUT2D eigenvalue weighted by molar-refractivity contribution is 5.83. The topological polar surface area (TPSA) is 21.3 Å². The maximum absolute atomic E-state index is 5.77. The van der Waals surface area contributed by atoms with Gasteiger partial charge in [-0.15, -0.1) is 0 Å². The van der Waals surface area contributed by atoms with Crippen LogP contribution in [0.2, 0.25) is 0 Å². The van der Waals surface area contributed by atoms with Crippen molar-refractivity contribution in [2.75, 3.05) is 20.2 Å². The van der Waals surface area contributed by atoms with Crippen LogP contribution in [0.3, 0.4) is 0 Å². The van der Waals surface area contributed by atoms with Crippen molar-refractivity contribution >= 4 is 10.8 Å². The summed E-state index contributed by atoms with van der Waals surface area (Å²) < 4.78 is 5.77. The van der Waals surface area contributed by atoms with Gasteiger partial charge in [0.25, 0.3) is 0 Å². The molecule has 18 heavy (non-hydrogen) atoms. The Morgan fingerprint density at radius 3 is 2.61 bits per heavy atom. The molecular formula is C16H21NO. The third kappa shape index (κ3) is 3.74. The van der Waals surface area contributed by atoms with E-state index in [0.29, 0.717) is 0 Å². The molecule has 1 N–H and O–H groups in total. The third-order valence-corrected chi connectivity index (χ3v) is 3.06. The number of fused-ring (bicyclic) bond motifs is 1. The van der Waals surface area contributed by atoms with E-state index in [1.54, 1.807) is 0 Å². The van der Waals surface area contributed by atoms with Crippen molar-refractivity contribution in [1.82, 2.24) is 5.32 Å². The van der Waals surface area contributed by atoms with E-state index in [1.165, 1.54) is 23.6 Å². The summed E-state index contributed by atoms with van der Waals surface area (Å²) in [6.07, 6.45) is 3.56. The van der Waals surface area contributed by atoms with Gasteiger partial charge in [0, 0.05) is 0 Å². The lowest BCUT2D eigenvalue weighted by Gasteiger charge is -2.07. The Labute approximate surface area is 109 Å². The minimum absolute atomic E-state index is 0.808. The Hall–Kier alpha value is -1.54. The number of benzene rings is 2. The third-order valence-electron chi connectivity index (χ3n) is 3.06. The van der Waals surface area contributed by atoms with Crippen LogP contribution in [0.15, 0.2) is 42.5 Å². The highest BCUT2D eigenvalue weighted by Crippen LogP contribution is 2.20. The van der Waals surface area contributed by atoms with E-state index < -0.39 is 0 Å². The van der Waals surface area contributed by atoms with Crippen LogP contribution in [-0.2, 0) is 0 Å². The molecule has 0 amide bonds. The molecule has 0 bridgehead atoms. The minimum Gasteiger partial charge on any atom is -0.494 e. The predicted molar refractivity (Wildman–Crippen MR) is 77.2 cm³/mol. The molecule has 0 aliphatic rings.